The van der Waals surface area contributed by atoms with Crippen molar-refractivity contribution in [2.75, 3.05) is 18.2 Å². The Morgan fingerprint density at radius 3 is 2.50 bits per heavy atom. The minimum Gasteiger partial charge on any atom is -0.495 e. The average molecular weight is 474 g/mol. The van der Waals surface area contributed by atoms with Gasteiger partial charge in [-0.25, -0.2) is 9.38 Å². The largest absolute Gasteiger partial charge is 0.495 e. The number of thioether (sulfide) groups is 1. The van der Waals surface area contributed by atoms with Crippen LogP contribution in [0, 0.1) is 5.82 Å². The van der Waals surface area contributed by atoms with E-state index < -0.39 is 5.66 Å². The van der Waals surface area contributed by atoms with Crippen LogP contribution in [0.5, 0.6) is 5.75 Å². The number of methoxy groups -OCH3 is 1. The Labute approximate surface area is 196 Å². The smallest absolute Gasteiger partial charge is 0.234 e. The topological polar surface area (TPSA) is 63.0 Å². The molecule has 1 saturated carbocycles. The summed E-state index contributed by atoms with van der Waals surface area (Å²) in [7, 11) is 1.54. The summed E-state index contributed by atoms with van der Waals surface area (Å²) in [6.07, 6.45) is 6.35. The maximum atomic E-state index is 13.5. The third-order valence-corrected chi connectivity index (χ3v) is 6.89. The first-order valence-electron chi connectivity index (χ1n) is 10.7. The fourth-order valence-electron chi connectivity index (χ4n) is 4.01. The molecule has 168 valence electrons. The molecule has 1 amide bonds. The number of carbonyl (C=O) groups excluding carboxylic acids is 1. The van der Waals surface area contributed by atoms with Crippen LogP contribution in [0.2, 0.25) is 5.02 Å². The summed E-state index contributed by atoms with van der Waals surface area (Å²) in [6.45, 7) is 0. The summed E-state index contributed by atoms with van der Waals surface area (Å²) in [5, 5.41) is 4.02. The van der Waals surface area contributed by atoms with Crippen molar-refractivity contribution in [1.82, 2.24) is 0 Å². The first-order valence-corrected chi connectivity index (χ1v) is 12.1. The van der Waals surface area contributed by atoms with E-state index in [1.165, 1.54) is 36.7 Å². The molecule has 2 aromatic carbocycles. The van der Waals surface area contributed by atoms with Crippen molar-refractivity contribution < 1.29 is 13.9 Å². The van der Waals surface area contributed by atoms with Crippen molar-refractivity contribution in [1.29, 1.82) is 0 Å². The van der Waals surface area contributed by atoms with Gasteiger partial charge in [-0.2, -0.15) is 0 Å². The molecule has 1 aliphatic heterocycles. The van der Waals surface area contributed by atoms with Crippen LogP contribution in [-0.2, 0) is 4.79 Å². The van der Waals surface area contributed by atoms with Gasteiger partial charge in [-0.15, -0.1) is 0 Å². The lowest BCUT2D eigenvalue weighted by Gasteiger charge is -2.20. The first kappa shape index (κ1) is 22.8. The fraction of sp³-hybridized carbons (Fsp3) is 0.375. The van der Waals surface area contributed by atoms with Gasteiger partial charge in [0.1, 0.15) is 16.6 Å². The molecule has 0 aromatic heterocycles. The van der Waals surface area contributed by atoms with E-state index >= 15 is 0 Å². The molecule has 2 aliphatic rings. The van der Waals surface area contributed by atoms with Gasteiger partial charge in [0.25, 0.3) is 0 Å². The number of aliphatic imine (C=N–C) groups is 2. The van der Waals surface area contributed by atoms with E-state index in [0.717, 1.165) is 42.0 Å². The van der Waals surface area contributed by atoms with Gasteiger partial charge in [0.15, 0.2) is 5.66 Å². The zero-order chi connectivity index (χ0) is 22.6. The molecule has 0 unspecified atom stereocenters. The van der Waals surface area contributed by atoms with Crippen molar-refractivity contribution in [2.45, 2.75) is 44.2 Å². The highest BCUT2D eigenvalue weighted by Gasteiger charge is 2.37. The number of hydrogen-bond acceptors (Lipinski definition) is 5. The van der Waals surface area contributed by atoms with E-state index in [1.807, 2.05) is 0 Å². The lowest BCUT2D eigenvalue weighted by Crippen LogP contribution is -2.20. The molecule has 0 saturated heterocycles. The molecule has 1 N–H and O–H groups in total. The molecule has 1 aliphatic carbocycles. The molecule has 1 fully saturated rings. The van der Waals surface area contributed by atoms with E-state index in [2.05, 4.69) is 5.32 Å². The maximum absolute atomic E-state index is 13.5. The van der Waals surface area contributed by atoms with Gasteiger partial charge in [-0.3, -0.25) is 9.79 Å². The summed E-state index contributed by atoms with van der Waals surface area (Å²) in [5.41, 5.74) is 1.71. The first-order chi connectivity index (χ1) is 15.5. The predicted molar refractivity (Wildman–Crippen MR) is 130 cm³/mol. The number of rotatable bonds is 5. The van der Waals surface area contributed by atoms with Crippen LogP contribution in [0.1, 0.15) is 44.1 Å². The van der Waals surface area contributed by atoms with Gasteiger partial charge >= 0.3 is 0 Å². The number of hydrogen-bond donors (Lipinski definition) is 1. The third-order valence-electron chi connectivity index (χ3n) is 5.63. The number of nitrogens with one attached hydrogen (secondary N) is 1. The lowest BCUT2D eigenvalue weighted by molar-refractivity contribution is -0.113. The number of halogens is 2. The Bertz CT molecular complexity index is 1050. The van der Waals surface area contributed by atoms with E-state index in [9.17, 15) is 9.18 Å². The quantitative estimate of drug-likeness (QED) is 0.569. The van der Waals surface area contributed by atoms with Gasteiger partial charge in [-0.05, 0) is 68.1 Å². The second-order valence-electron chi connectivity index (χ2n) is 7.97. The SMILES string of the molecule is COc1ccc(NC(=O)CSC2=NC3(CCCCCC3)N=C2c2ccc(F)cc2)cc1Cl. The Hall–Kier alpha value is -2.38. The Kier molecular flexibility index (Phi) is 7.16. The number of amides is 1. The zero-order valence-corrected chi connectivity index (χ0v) is 19.4. The van der Waals surface area contributed by atoms with Gasteiger partial charge in [-0.1, -0.05) is 36.2 Å². The second kappa shape index (κ2) is 10.0. The molecule has 4 rings (SSSR count). The zero-order valence-electron chi connectivity index (χ0n) is 17.9. The molecule has 0 radical (unpaired) electrons. The molecule has 5 nitrogen and oxygen atoms in total. The van der Waals surface area contributed by atoms with Crippen molar-refractivity contribution in [3.8, 4) is 5.75 Å². The molecular formula is C24H25ClFN3O2S. The van der Waals surface area contributed by atoms with Crippen LogP contribution in [0.15, 0.2) is 52.4 Å². The minimum atomic E-state index is -0.456. The molecule has 0 atom stereocenters. The van der Waals surface area contributed by atoms with Crippen LogP contribution >= 0.6 is 23.4 Å². The Morgan fingerprint density at radius 1 is 1.12 bits per heavy atom. The number of anilines is 1. The van der Waals surface area contributed by atoms with Gasteiger partial charge < -0.3 is 10.1 Å². The molecule has 32 heavy (non-hydrogen) atoms. The summed E-state index contributed by atoms with van der Waals surface area (Å²) in [4.78, 5) is 22.6. The number of benzene rings is 2. The summed E-state index contributed by atoms with van der Waals surface area (Å²) < 4.78 is 18.6. The third kappa shape index (κ3) is 5.33. The summed E-state index contributed by atoms with van der Waals surface area (Å²) in [5.74, 6) is 0.270. The maximum Gasteiger partial charge on any atom is 0.234 e. The number of ether oxygens (including phenoxy) is 1. The van der Waals surface area contributed by atoms with Crippen LogP contribution < -0.4 is 10.1 Å². The fourth-order valence-corrected chi connectivity index (χ4v) is 5.15. The van der Waals surface area contributed by atoms with Crippen LogP contribution in [0.25, 0.3) is 0 Å². The molecule has 8 heteroatoms. The van der Waals surface area contributed by atoms with Gasteiger partial charge in [0.05, 0.1) is 23.6 Å². The second-order valence-corrected chi connectivity index (χ2v) is 9.34. The van der Waals surface area contributed by atoms with Gasteiger partial charge in [0.2, 0.25) is 5.91 Å². The highest BCUT2D eigenvalue weighted by atomic mass is 35.5. The van der Waals surface area contributed by atoms with Crippen molar-refractivity contribution in [3.05, 3.63) is 58.9 Å². The molecule has 1 heterocycles. The van der Waals surface area contributed by atoms with Crippen molar-refractivity contribution in [3.63, 3.8) is 0 Å². The molecule has 0 bridgehead atoms. The highest BCUT2D eigenvalue weighted by molar-refractivity contribution is 8.16. The molecule has 1 spiro atoms. The number of carbonyl (C=O) groups is 1. The number of nitrogens with zero attached hydrogens (tertiary/aromatic N) is 2. The highest BCUT2D eigenvalue weighted by Crippen LogP contribution is 2.38. The van der Waals surface area contributed by atoms with Crippen LogP contribution in [0.4, 0.5) is 10.1 Å². The monoisotopic (exact) mass is 473 g/mol. The van der Waals surface area contributed by atoms with E-state index in [4.69, 9.17) is 26.3 Å². The Balaban J connectivity index is 1.49. The van der Waals surface area contributed by atoms with Crippen molar-refractivity contribution in [2.24, 2.45) is 9.98 Å². The Morgan fingerprint density at radius 2 is 1.84 bits per heavy atom. The van der Waals surface area contributed by atoms with E-state index in [0.29, 0.717) is 16.5 Å². The van der Waals surface area contributed by atoms with E-state index in [1.54, 1.807) is 37.4 Å². The van der Waals surface area contributed by atoms with Gasteiger partial charge in [0, 0.05) is 11.3 Å². The molecular weight excluding hydrogens is 449 g/mol. The van der Waals surface area contributed by atoms with Crippen molar-refractivity contribution >= 4 is 45.7 Å². The molecule has 2 aromatic rings. The van der Waals surface area contributed by atoms with Crippen LogP contribution in [-0.4, -0.2) is 35.2 Å². The minimum absolute atomic E-state index is 0.167. The summed E-state index contributed by atoms with van der Waals surface area (Å²) in [6, 6.07) is 11.4. The van der Waals surface area contributed by atoms with Crippen LogP contribution in [0.3, 0.4) is 0 Å². The predicted octanol–water partition coefficient (Wildman–Crippen LogP) is 6.11. The normalized spacial score (nSPS) is 17.5. The average Bonchev–Trinajstić information content (AvgIpc) is 2.97. The lowest BCUT2D eigenvalue weighted by atomic mass is 10.0. The van der Waals surface area contributed by atoms with E-state index in [-0.39, 0.29) is 17.5 Å². The standard InChI is InChI=1S/C24H25ClFN3O2S/c1-31-20-11-10-18(14-19(20)25)27-21(30)15-32-23-22(16-6-8-17(26)9-7-16)28-24(29-23)12-4-2-3-5-13-24/h6-11,14H,2-5,12-13,15H2,1H3,(H,27,30). The summed E-state index contributed by atoms with van der Waals surface area (Å²) >= 11 is 7.51.